The maximum atomic E-state index is 11.3. The first-order valence-electron chi connectivity index (χ1n) is 6.79. The van der Waals surface area contributed by atoms with E-state index >= 15 is 0 Å². The third-order valence-corrected chi connectivity index (χ3v) is 3.68. The van der Waals surface area contributed by atoms with Gasteiger partial charge in [-0.3, -0.25) is 4.79 Å². The second-order valence-electron chi connectivity index (χ2n) is 5.46. The van der Waals surface area contributed by atoms with Crippen LogP contribution in [-0.2, 0) is 4.79 Å². The van der Waals surface area contributed by atoms with E-state index in [4.69, 9.17) is 5.73 Å². The number of amides is 1. The van der Waals surface area contributed by atoms with Gasteiger partial charge in [0.1, 0.15) is 0 Å². The van der Waals surface area contributed by atoms with Gasteiger partial charge in [-0.05, 0) is 37.8 Å². The zero-order valence-corrected chi connectivity index (χ0v) is 11.4. The summed E-state index contributed by atoms with van der Waals surface area (Å²) in [6.07, 6.45) is 2.27. The Morgan fingerprint density at radius 1 is 1.53 bits per heavy atom. The molecule has 0 aromatic rings. The summed E-state index contributed by atoms with van der Waals surface area (Å²) >= 11 is 0. The van der Waals surface area contributed by atoms with Crippen molar-refractivity contribution < 1.29 is 4.79 Å². The minimum Gasteiger partial charge on any atom is -0.368 e. The Morgan fingerprint density at radius 3 is 2.71 bits per heavy atom. The van der Waals surface area contributed by atoms with Crippen LogP contribution in [0.3, 0.4) is 0 Å². The molecule has 1 rings (SSSR count). The van der Waals surface area contributed by atoms with E-state index in [2.05, 4.69) is 31.0 Å². The first-order chi connectivity index (χ1) is 8.04. The molecule has 0 aromatic carbocycles. The molecule has 0 aromatic heterocycles. The third-order valence-electron chi connectivity index (χ3n) is 3.68. The van der Waals surface area contributed by atoms with Crippen LogP contribution >= 0.6 is 0 Å². The minimum absolute atomic E-state index is 0.194. The lowest BCUT2D eigenvalue weighted by Gasteiger charge is -2.23. The van der Waals surface area contributed by atoms with Gasteiger partial charge in [-0.1, -0.05) is 20.8 Å². The van der Waals surface area contributed by atoms with Crippen molar-refractivity contribution in [2.24, 2.45) is 17.6 Å². The predicted molar refractivity (Wildman–Crippen MR) is 70.7 cm³/mol. The number of nitrogens with one attached hydrogen (secondary N) is 1. The molecule has 2 unspecified atom stereocenters. The zero-order chi connectivity index (χ0) is 12.8. The molecule has 0 aliphatic carbocycles. The zero-order valence-electron chi connectivity index (χ0n) is 11.4. The minimum atomic E-state index is -0.230. The number of hydrogen-bond donors (Lipinski definition) is 2. The molecule has 1 aliphatic heterocycles. The van der Waals surface area contributed by atoms with Gasteiger partial charge in [0.05, 0.1) is 6.04 Å². The Kier molecular flexibility index (Phi) is 5.92. The SMILES string of the molecule is CCCNC(CN1CCC(C(C)C)C1)C(N)=O. The van der Waals surface area contributed by atoms with E-state index in [1.54, 1.807) is 0 Å². The molecule has 3 N–H and O–H groups in total. The molecule has 4 heteroatoms. The lowest BCUT2D eigenvalue weighted by Crippen LogP contribution is -2.49. The summed E-state index contributed by atoms with van der Waals surface area (Å²) in [5, 5.41) is 3.22. The van der Waals surface area contributed by atoms with Crippen LogP contribution in [0.1, 0.15) is 33.6 Å². The number of nitrogens with two attached hydrogens (primary N) is 1. The van der Waals surface area contributed by atoms with Crippen molar-refractivity contribution in [2.45, 2.75) is 39.7 Å². The van der Waals surface area contributed by atoms with Crippen LogP contribution < -0.4 is 11.1 Å². The molecule has 4 nitrogen and oxygen atoms in total. The Balaban J connectivity index is 2.38. The lowest BCUT2D eigenvalue weighted by atomic mass is 9.95. The van der Waals surface area contributed by atoms with E-state index in [-0.39, 0.29) is 11.9 Å². The molecular formula is C13H27N3O. The van der Waals surface area contributed by atoms with Crippen LogP contribution in [0.4, 0.5) is 0 Å². The van der Waals surface area contributed by atoms with Gasteiger partial charge in [-0.25, -0.2) is 0 Å². The average molecular weight is 241 g/mol. The van der Waals surface area contributed by atoms with Crippen LogP contribution in [0.5, 0.6) is 0 Å². The highest BCUT2D eigenvalue weighted by molar-refractivity contribution is 5.80. The Labute approximate surface area is 105 Å². The van der Waals surface area contributed by atoms with Gasteiger partial charge >= 0.3 is 0 Å². The molecule has 0 saturated carbocycles. The second kappa shape index (κ2) is 6.97. The van der Waals surface area contributed by atoms with Crippen molar-refractivity contribution in [2.75, 3.05) is 26.2 Å². The number of hydrogen-bond acceptors (Lipinski definition) is 3. The molecule has 17 heavy (non-hydrogen) atoms. The molecular weight excluding hydrogens is 214 g/mol. The van der Waals surface area contributed by atoms with Crippen molar-refractivity contribution >= 4 is 5.91 Å². The summed E-state index contributed by atoms with van der Waals surface area (Å²) in [4.78, 5) is 13.7. The monoisotopic (exact) mass is 241 g/mol. The Bertz CT molecular complexity index is 243. The summed E-state index contributed by atoms with van der Waals surface area (Å²) in [7, 11) is 0. The van der Waals surface area contributed by atoms with E-state index in [0.717, 1.165) is 44.4 Å². The molecule has 1 fully saturated rings. The van der Waals surface area contributed by atoms with Crippen molar-refractivity contribution in [1.29, 1.82) is 0 Å². The lowest BCUT2D eigenvalue weighted by molar-refractivity contribution is -0.120. The summed E-state index contributed by atoms with van der Waals surface area (Å²) in [5.74, 6) is 1.27. The van der Waals surface area contributed by atoms with Crippen LogP contribution in [0, 0.1) is 11.8 Å². The molecule has 2 atom stereocenters. The van der Waals surface area contributed by atoms with Gasteiger partial charge < -0.3 is 16.0 Å². The number of nitrogens with zero attached hydrogens (tertiary/aromatic N) is 1. The van der Waals surface area contributed by atoms with E-state index < -0.39 is 0 Å². The van der Waals surface area contributed by atoms with E-state index in [0.29, 0.717) is 0 Å². The van der Waals surface area contributed by atoms with Crippen LogP contribution in [-0.4, -0.2) is 43.0 Å². The van der Waals surface area contributed by atoms with Gasteiger partial charge in [0, 0.05) is 13.1 Å². The quantitative estimate of drug-likeness (QED) is 0.694. The molecule has 0 radical (unpaired) electrons. The van der Waals surface area contributed by atoms with Crippen molar-refractivity contribution in [3.05, 3.63) is 0 Å². The second-order valence-corrected chi connectivity index (χ2v) is 5.46. The first kappa shape index (κ1) is 14.5. The Morgan fingerprint density at radius 2 is 2.24 bits per heavy atom. The number of carbonyl (C=O) groups is 1. The molecule has 1 heterocycles. The summed E-state index contributed by atoms with van der Waals surface area (Å²) in [5.41, 5.74) is 5.42. The van der Waals surface area contributed by atoms with Crippen LogP contribution in [0.25, 0.3) is 0 Å². The highest BCUT2D eigenvalue weighted by Crippen LogP contribution is 2.23. The normalized spacial score (nSPS) is 23.2. The summed E-state index contributed by atoms with van der Waals surface area (Å²) < 4.78 is 0. The number of rotatable bonds is 7. The third kappa shape index (κ3) is 4.64. The predicted octanol–water partition coefficient (Wildman–Crippen LogP) is 0.818. The van der Waals surface area contributed by atoms with E-state index in [1.807, 2.05) is 0 Å². The molecule has 0 spiro atoms. The largest absolute Gasteiger partial charge is 0.368 e. The number of primary amides is 1. The van der Waals surface area contributed by atoms with Crippen LogP contribution in [0.2, 0.25) is 0 Å². The van der Waals surface area contributed by atoms with Crippen molar-refractivity contribution in [1.82, 2.24) is 10.2 Å². The van der Waals surface area contributed by atoms with Gasteiger partial charge in [0.25, 0.3) is 0 Å². The molecule has 1 saturated heterocycles. The summed E-state index contributed by atoms with van der Waals surface area (Å²) in [6, 6.07) is -0.194. The molecule has 100 valence electrons. The topological polar surface area (TPSA) is 58.4 Å². The number of carbonyl (C=O) groups excluding carboxylic acids is 1. The van der Waals surface area contributed by atoms with Crippen LogP contribution in [0.15, 0.2) is 0 Å². The van der Waals surface area contributed by atoms with Crippen molar-refractivity contribution in [3.63, 3.8) is 0 Å². The first-order valence-corrected chi connectivity index (χ1v) is 6.79. The smallest absolute Gasteiger partial charge is 0.235 e. The fourth-order valence-corrected chi connectivity index (χ4v) is 2.40. The maximum absolute atomic E-state index is 11.3. The highest BCUT2D eigenvalue weighted by atomic mass is 16.1. The molecule has 1 amide bonds. The fourth-order valence-electron chi connectivity index (χ4n) is 2.40. The Hall–Kier alpha value is -0.610. The van der Waals surface area contributed by atoms with E-state index in [1.165, 1.54) is 6.42 Å². The van der Waals surface area contributed by atoms with Gasteiger partial charge in [0.15, 0.2) is 0 Å². The number of likely N-dealkylation sites (tertiary alicyclic amines) is 1. The summed E-state index contributed by atoms with van der Waals surface area (Å²) in [6.45, 7) is 10.5. The average Bonchev–Trinajstić information content (AvgIpc) is 2.72. The van der Waals surface area contributed by atoms with E-state index in [9.17, 15) is 4.79 Å². The molecule has 0 bridgehead atoms. The highest BCUT2D eigenvalue weighted by Gasteiger charge is 2.27. The maximum Gasteiger partial charge on any atom is 0.235 e. The van der Waals surface area contributed by atoms with Gasteiger partial charge in [-0.2, -0.15) is 0 Å². The van der Waals surface area contributed by atoms with Gasteiger partial charge in [0.2, 0.25) is 5.91 Å². The van der Waals surface area contributed by atoms with Crippen molar-refractivity contribution in [3.8, 4) is 0 Å². The standard InChI is InChI=1S/C13H27N3O/c1-4-6-15-12(13(14)17)9-16-7-5-11(8-16)10(2)3/h10-12,15H,4-9H2,1-3H3,(H2,14,17). The van der Waals surface area contributed by atoms with Gasteiger partial charge in [-0.15, -0.1) is 0 Å². The molecule has 1 aliphatic rings. The fraction of sp³-hybridized carbons (Fsp3) is 0.923.